The molecule has 0 amide bonds. The summed E-state index contributed by atoms with van der Waals surface area (Å²) in [5, 5.41) is 0.302. The predicted molar refractivity (Wildman–Crippen MR) is 75.1 cm³/mol. The molecule has 2 aromatic rings. The van der Waals surface area contributed by atoms with Gasteiger partial charge in [-0.3, -0.25) is 0 Å². The summed E-state index contributed by atoms with van der Waals surface area (Å²) in [6, 6.07) is 8.74. The molecule has 5 heteroatoms. The van der Waals surface area contributed by atoms with Crippen LogP contribution in [0.5, 0.6) is 5.75 Å². The van der Waals surface area contributed by atoms with E-state index in [0.29, 0.717) is 21.9 Å². The van der Waals surface area contributed by atoms with Gasteiger partial charge in [-0.2, -0.15) is 0 Å². The molecule has 1 unspecified atom stereocenters. The zero-order valence-electron chi connectivity index (χ0n) is 9.96. The Morgan fingerprint density at radius 3 is 2.16 bits per heavy atom. The smallest absolute Gasteiger partial charge is 0.131 e. The molecule has 0 saturated carbocycles. The zero-order chi connectivity index (χ0) is 14.0. The fraction of sp³-hybridized carbons (Fsp3) is 0.143. The lowest BCUT2D eigenvalue weighted by atomic mass is 10.0. The SMILES string of the molecule is COc1ccc(C(Br)c2ccc(Cl)cc2F)c(F)c1. The highest BCUT2D eigenvalue weighted by Gasteiger charge is 2.19. The number of hydrogen-bond acceptors (Lipinski definition) is 1. The first-order chi connectivity index (χ1) is 9.02. The summed E-state index contributed by atoms with van der Waals surface area (Å²) in [6.07, 6.45) is 0. The van der Waals surface area contributed by atoms with E-state index in [0.717, 1.165) is 0 Å². The molecule has 100 valence electrons. The zero-order valence-corrected chi connectivity index (χ0v) is 12.3. The van der Waals surface area contributed by atoms with Crippen molar-refractivity contribution in [3.8, 4) is 5.75 Å². The lowest BCUT2D eigenvalue weighted by molar-refractivity contribution is 0.411. The van der Waals surface area contributed by atoms with E-state index in [2.05, 4.69) is 15.9 Å². The molecule has 0 aliphatic rings. The van der Waals surface area contributed by atoms with E-state index in [-0.39, 0.29) is 0 Å². The summed E-state index contributed by atoms with van der Waals surface area (Å²) in [5.41, 5.74) is 0.662. The second-order valence-electron chi connectivity index (χ2n) is 3.92. The second-order valence-corrected chi connectivity index (χ2v) is 5.27. The van der Waals surface area contributed by atoms with E-state index in [9.17, 15) is 8.78 Å². The number of benzene rings is 2. The molecule has 0 N–H and O–H groups in total. The first-order valence-electron chi connectivity index (χ1n) is 5.45. The molecule has 2 aromatic carbocycles. The van der Waals surface area contributed by atoms with Crippen molar-refractivity contribution in [3.05, 3.63) is 64.2 Å². The van der Waals surface area contributed by atoms with E-state index >= 15 is 0 Å². The monoisotopic (exact) mass is 346 g/mol. The van der Waals surface area contributed by atoms with Crippen LogP contribution in [0, 0.1) is 11.6 Å². The van der Waals surface area contributed by atoms with Crippen LogP contribution >= 0.6 is 27.5 Å². The molecule has 0 aromatic heterocycles. The molecule has 1 nitrogen and oxygen atoms in total. The third kappa shape index (κ3) is 3.07. The predicted octanol–water partition coefficient (Wildman–Crippen LogP) is 5.11. The van der Waals surface area contributed by atoms with E-state index in [1.54, 1.807) is 18.2 Å². The van der Waals surface area contributed by atoms with Crippen LogP contribution in [0.4, 0.5) is 8.78 Å². The van der Waals surface area contributed by atoms with Crippen molar-refractivity contribution < 1.29 is 13.5 Å². The van der Waals surface area contributed by atoms with Gasteiger partial charge in [-0.1, -0.05) is 39.7 Å². The van der Waals surface area contributed by atoms with Gasteiger partial charge in [0.2, 0.25) is 0 Å². The average Bonchev–Trinajstić information content (AvgIpc) is 2.37. The van der Waals surface area contributed by atoms with Crippen molar-refractivity contribution in [2.45, 2.75) is 4.83 Å². The maximum atomic E-state index is 13.9. The fourth-order valence-electron chi connectivity index (χ4n) is 1.71. The number of ether oxygens (including phenoxy) is 1. The Morgan fingerprint density at radius 1 is 1.05 bits per heavy atom. The van der Waals surface area contributed by atoms with Crippen LogP contribution < -0.4 is 4.74 Å². The number of hydrogen-bond donors (Lipinski definition) is 0. The Bertz CT molecular complexity index is 604. The van der Waals surface area contributed by atoms with Crippen molar-refractivity contribution >= 4 is 27.5 Å². The minimum Gasteiger partial charge on any atom is -0.497 e. The van der Waals surface area contributed by atoms with Crippen LogP contribution in [0.3, 0.4) is 0 Å². The van der Waals surface area contributed by atoms with Crippen molar-refractivity contribution in [3.63, 3.8) is 0 Å². The maximum absolute atomic E-state index is 13.9. The third-order valence-electron chi connectivity index (χ3n) is 2.72. The molecule has 0 spiro atoms. The van der Waals surface area contributed by atoms with Crippen LogP contribution in [0.25, 0.3) is 0 Å². The van der Waals surface area contributed by atoms with Gasteiger partial charge >= 0.3 is 0 Å². The van der Waals surface area contributed by atoms with Gasteiger partial charge in [0.05, 0.1) is 11.9 Å². The Morgan fingerprint density at radius 2 is 1.63 bits per heavy atom. The Kier molecular flexibility index (Phi) is 4.42. The summed E-state index contributed by atoms with van der Waals surface area (Å²) in [7, 11) is 1.46. The largest absolute Gasteiger partial charge is 0.497 e. The molecular weight excluding hydrogens is 338 g/mol. The molecule has 1 atom stereocenters. The van der Waals surface area contributed by atoms with Gasteiger partial charge in [0.25, 0.3) is 0 Å². The normalized spacial score (nSPS) is 12.3. The van der Waals surface area contributed by atoms with Gasteiger partial charge in [-0.05, 0) is 18.2 Å². The van der Waals surface area contributed by atoms with Crippen LogP contribution in [-0.4, -0.2) is 7.11 Å². The Hall–Kier alpha value is -1.13. The van der Waals surface area contributed by atoms with E-state index in [1.165, 1.54) is 25.3 Å². The molecule has 0 saturated heterocycles. The summed E-state index contributed by atoms with van der Waals surface area (Å²) >= 11 is 9.00. The molecule has 2 rings (SSSR count). The molecular formula is C14H10BrClF2O. The minimum absolute atomic E-state index is 0.302. The van der Waals surface area contributed by atoms with Crippen LogP contribution in [-0.2, 0) is 0 Å². The summed E-state index contributed by atoms with van der Waals surface area (Å²) < 4.78 is 32.7. The van der Waals surface area contributed by atoms with Gasteiger partial charge in [-0.25, -0.2) is 8.78 Å². The first kappa shape index (κ1) is 14.3. The second kappa shape index (κ2) is 5.88. The van der Waals surface area contributed by atoms with Crippen LogP contribution in [0.15, 0.2) is 36.4 Å². The first-order valence-corrected chi connectivity index (χ1v) is 6.74. The number of methoxy groups -OCH3 is 1. The van der Waals surface area contributed by atoms with E-state index < -0.39 is 16.5 Å². The number of alkyl halides is 1. The third-order valence-corrected chi connectivity index (χ3v) is 3.94. The molecule has 19 heavy (non-hydrogen) atoms. The number of rotatable bonds is 3. The van der Waals surface area contributed by atoms with Gasteiger partial charge in [0.15, 0.2) is 0 Å². The molecule has 0 aliphatic carbocycles. The molecule has 0 fully saturated rings. The summed E-state index contributed by atoms with van der Waals surface area (Å²) in [4.78, 5) is -0.587. The average molecular weight is 348 g/mol. The van der Waals surface area contributed by atoms with Crippen molar-refractivity contribution in [1.82, 2.24) is 0 Å². The Labute approximate surface area is 123 Å². The highest BCUT2D eigenvalue weighted by Crippen LogP contribution is 2.35. The quantitative estimate of drug-likeness (QED) is 0.701. The van der Waals surface area contributed by atoms with E-state index in [4.69, 9.17) is 16.3 Å². The van der Waals surface area contributed by atoms with E-state index in [1.807, 2.05) is 0 Å². The lowest BCUT2D eigenvalue weighted by Gasteiger charge is -2.13. The highest BCUT2D eigenvalue weighted by molar-refractivity contribution is 9.09. The van der Waals surface area contributed by atoms with Crippen LogP contribution in [0.2, 0.25) is 5.02 Å². The molecule has 0 bridgehead atoms. The fourth-order valence-corrected chi connectivity index (χ4v) is 2.62. The molecule has 0 aliphatic heterocycles. The topological polar surface area (TPSA) is 9.23 Å². The maximum Gasteiger partial charge on any atom is 0.131 e. The van der Waals surface area contributed by atoms with Crippen molar-refractivity contribution in [2.24, 2.45) is 0 Å². The number of halogens is 4. The highest BCUT2D eigenvalue weighted by atomic mass is 79.9. The lowest BCUT2D eigenvalue weighted by Crippen LogP contribution is -2.00. The minimum atomic E-state index is -0.587. The summed E-state index contributed by atoms with van der Waals surface area (Å²) in [5.74, 6) is -0.530. The Balaban J connectivity index is 2.41. The standard InChI is InChI=1S/C14H10BrClF2O/c1-19-9-3-5-11(13(18)7-9)14(15)10-4-2-8(16)6-12(10)17/h2-7,14H,1H3. The van der Waals surface area contributed by atoms with Gasteiger partial charge in [-0.15, -0.1) is 0 Å². The van der Waals surface area contributed by atoms with Gasteiger partial charge in [0, 0.05) is 22.2 Å². The van der Waals surface area contributed by atoms with Crippen molar-refractivity contribution in [1.29, 1.82) is 0 Å². The van der Waals surface area contributed by atoms with Crippen LogP contribution in [0.1, 0.15) is 16.0 Å². The molecule has 0 heterocycles. The van der Waals surface area contributed by atoms with Crippen molar-refractivity contribution in [2.75, 3.05) is 7.11 Å². The van der Waals surface area contributed by atoms with Gasteiger partial charge in [0.1, 0.15) is 17.4 Å². The molecule has 0 radical (unpaired) electrons. The van der Waals surface area contributed by atoms with Gasteiger partial charge < -0.3 is 4.74 Å². The summed E-state index contributed by atoms with van der Waals surface area (Å²) in [6.45, 7) is 0.